The maximum Gasteiger partial charge on any atom is 0.364 e. The standard InChI is InChI=1S/C79H131N5O58/c1-18-40(100)51(111)55(115)72(124-18)122-17-34-62(47(107)36(68(119)125-34)81-20(3)94)134-69-37(82-21(4)95)48(108)60(31(14-91)130-69)136-74-57(117)64(46(106)33(133-74)16-123-76-66(53(113)43(103)27(10-87)128-76)139-70-38(83-22(5)96)49(109)59(30(13-90)131-70)135-73-56(116)52(112)42(102)26(9-86)126-73)138-77-67(54(114)44(104)28(11-88)129-77)140-71-39(84-23(6)97)50(110)61(32(15-92)132-71)137-75-58(118)65(45(105)29(12-89)127-75)142-79(78(120)121)7-24(98)35(80-19(2)93)63(141-79)41(101)25(99)8-85/h18,24-77,85-92,98-119H,7-17H2,1-6H3,(H,80,93)(H,81,94)(H,82,95)(H,83,96)(H,84,97)(H,120,121)/t18-,24-,25+,26+,27+,28+,29+,30+,31+,32+,33+,34+,35+,36+,37+,38+,39+,40+,41+,42-,43+,44+,45-,46+,47+,48+,49+,50+,51+,52-,53-,54-,55-,56+,57-,58+,59+,60+,61+,62+,63+,64-,65-,66-,67-,68?,69-,70-,71-,72+,73-,74-,75-,76-,77+,79-/m0/s1. The van der Waals surface area contributed by atoms with Gasteiger partial charge in [0.25, 0.3) is 5.79 Å². The van der Waals surface area contributed by atoms with Gasteiger partial charge in [-0.25, -0.2) is 4.79 Å². The molecule has 36 N–H and O–H groups in total. The molecule has 0 aromatic carbocycles. The van der Waals surface area contributed by atoms with E-state index in [9.17, 15) is 187 Å². The number of hydrogen-bond donors (Lipinski definition) is 36. The molecule has 11 aliphatic rings. The average molecular weight is 2080 g/mol. The summed E-state index contributed by atoms with van der Waals surface area (Å²) in [6, 6.07) is -9.82. The van der Waals surface area contributed by atoms with E-state index in [4.69, 9.17) is 99.5 Å². The number of hydrogen-bond acceptors (Lipinski definition) is 57. The predicted molar refractivity (Wildman–Crippen MR) is 436 cm³/mol. The first kappa shape index (κ1) is 117. The second kappa shape index (κ2) is 50.6. The van der Waals surface area contributed by atoms with Crippen molar-refractivity contribution in [2.24, 2.45) is 0 Å². The first-order valence-electron chi connectivity index (χ1n) is 45.1. The Labute approximate surface area is 803 Å². The van der Waals surface area contributed by atoms with Crippen LogP contribution in [0.25, 0.3) is 0 Å². The van der Waals surface area contributed by atoms with Crippen LogP contribution in [0.5, 0.6) is 0 Å². The minimum atomic E-state index is -3.35. The minimum absolute atomic E-state index is 0.840. The first-order chi connectivity index (χ1) is 67.0. The third-order valence-electron chi connectivity index (χ3n) is 25.9. The van der Waals surface area contributed by atoms with E-state index in [0.717, 1.165) is 34.6 Å². The number of amides is 5. The van der Waals surface area contributed by atoms with Crippen molar-refractivity contribution in [1.82, 2.24) is 26.6 Å². The van der Waals surface area contributed by atoms with E-state index in [2.05, 4.69) is 26.6 Å². The smallest absolute Gasteiger partial charge is 0.364 e. The summed E-state index contributed by atoms with van der Waals surface area (Å²) in [5, 5.41) is 361. The van der Waals surface area contributed by atoms with Gasteiger partial charge in [-0.05, 0) is 6.92 Å². The highest BCUT2D eigenvalue weighted by Gasteiger charge is 2.65. The van der Waals surface area contributed by atoms with Crippen LogP contribution in [0.15, 0.2) is 0 Å². The Bertz CT molecular complexity index is 4010. The van der Waals surface area contributed by atoms with Crippen molar-refractivity contribution in [2.45, 2.75) is 391 Å². The number of aliphatic hydroxyl groups is 30. The van der Waals surface area contributed by atoms with Gasteiger partial charge in [-0.1, -0.05) is 0 Å². The fraction of sp³-hybridized carbons (Fsp3) is 0.924. The number of carbonyl (C=O) groups excluding carboxylic acids is 5. The monoisotopic (exact) mass is 2080 g/mol. The van der Waals surface area contributed by atoms with Gasteiger partial charge in [0.2, 0.25) is 29.5 Å². The summed E-state index contributed by atoms with van der Waals surface area (Å²) in [6.45, 7) is -6.14. The normalized spacial score (nSPS) is 48.0. The summed E-state index contributed by atoms with van der Waals surface area (Å²) in [4.78, 5) is 77.9. The van der Waals surface area contributed by atoms with Gasteiger partial charge in [0.1, 0.15) is 256 Å². The summed E-state index contributed by atoms with van der Waals surface area (Å²) in [5.74, 6) is -10.4. The van der Waals surface area contributed by atoms with Gasteiger partial charge in [-0.3, -0.25) is 24.0 Å². The van der Waals surface area contributed by atoms with E-state index < -0.39 is 451 Å². The van der Waals surface area contributed by atoms with Crippen LogP contribution in [0.1, 0.15) is 48.0 Å². The molecular formula is C79H131N5O58. The molecule has 63 heteroatoms. The fourth-order valence-corrected chi connectivity index (χ4v) is 18.4. The second-order valence-corrected chi connectivity index (χ2v) is 36.0. The zero-order chi connectivity index (χ0) is 105. The van der Waals surface area contributed by atoms with Gasteiger partial charge >= 0.3 is 5.97 Å². The number of carboxylic acid groups (broad SMARTS) is 1. The molecule has 0 aromatic heterocycles. The number of rotatable bonds is 38. The van der Waals surface area contributed by atoms with E-state index in [1.165, 1.54) is 6.92 Å². The van der Waals surface area contributed by atoms with Crippen LogP contribution in [0.4, 0.5) is 0 Å². The van der Waals surface area contributed by atoms with Gasteiger partial charge in [-0.15, -0.1) is 0 Å². The van der Waals surface area contributed by atoms with Crippen LogP contribution in [-0.2, 0) is 128 Å². The zero-order valence-corrected chi connectivity index (χ0v) is 76.4. The summed E-state index contributed by atoms with van der Waals surface area (Å²) in [6.07, 6.45) is -111. The molecule has 63 nitrogen and oxygen atoms in total. The van der Waals surface area contributed by atoms with Crippen LogP contribution in [0.2, 0.25) is 0 Å². The molecule has 0 saturated carbocycles. The predicted octanol–water partition coefficient (Wildman–Crippen LogP) is -24.0. The Morgan fingerprint density at radius 1 is 0.303 bits per heavy atom. The maximum atomic E-state index is 13.4. The van der Waals surface area contributed by atoms with Crippen LogP contribution in [0.3, 0.4) is 0 Å². The molecule has 11 rings (SSSR count). The van der Waals surface area contributed by atoms with Crippen LogP contribution >= 0.6 is 0 Å². The molecule has 820 valence electrons. The number of ether oxygens (including phenoxy) is 21. The lowest BCUT2D eigenvalue weighted by Crippen LogP contribution is -2.71. The van der Waals surface area contributed by atoms with Crippen molar-refractivity contribution in [1.29, 1.82) is 0 Å². The van der Waals surface area contributed by atoms with Gasteiger partial charge in [0, 0.05) is 41.0 Å². The number of carbonyl (C=O) groups is 6. The van der Waals surface area contributed by atoms with Crippen LogP contribution < -0.4 is 26.6 Å². The van der Waals surface area contributed by atoms with Gasteiger partial charge in [0.05, 0.1) is 84.3 Å². The van der Waals surface area contributed by atoms with E-state index in [1.807, 2.05) is 0 Å². The minimum Gasteiger partial charge on any atom is -0.477 e. The highest BCUT2D eigenvalue weighted by molar-refractivity contribution is 5.77. The van der Waals surface area contributed by atoms with E-state index in [1.54, 1.807) is 0 Å². The molecule has 56 atom stereocenters. The van der Waals surface area contributed by atoms with Crippen molar-refractivity contribution in [2.75, 3.05) is 66.1 Å². The second-order valence-electron chi connectivity index (χ2n) is 36.0. The summed E-state index contributed by atoms with van der Waals surface area (Å²) >= 11 is 0. The van der Waals surface area contributed by atoms with Crippen LogP contribution in [-0.4, -0.2) is 603 Å². The Morgan fingerprint density at radius 2 is 0.620 bits per heavy atom. The highest BCUT2D eigenvalue weighted by atomic mass is 16.8. The number of aliphatic carboxylic acids is 1. The molecule has 11 heterocycles. The Morgan fingerprint density at radius 3 is 1.06 bits per heavy atom. The lowest BCUT2D eigenvalue weighted by Gasteiger charge is -2.51. The Hall–Kier alpha value is -5.22. The van der Waals surface area contributed by atoms with Crippen molar-refractivity contribution < 1.29 is 287 Å². The number of nitrogens with one attached hydrogen (secondary N) is 5. The Balaban J connectivity index is 0.920. The lowest BCUT2D eigenvalue weighted by atomic mass is 9.88. The molecule has 11 aliphatic heterocycles. The summed E-state index contributed by atoms with van der Waals surface area (Å²) in [5.41, 5.74) is 0. The summed E-state index contributed by atoms with van der Waals surface area (Å²) in [7, 11) is 0. The zero-order valence-electron chi connectivity index (χ0n) is 76.4. The summed E-state index contributed by atoms with van der Waals surface area (Å²) < 4.78 is 125. The topological polar surface area (TPSA) is 984 Å². The largest absolute Gasteiger partial charge is 0.477 e. The van der Waals surface area contributed by atoms with Gasteiger partial charge in [-0.2, -0.15) is 0 Å². The van der Waals surface area contributed by atoms with E-state index in [-0.39, 0.29) is 0 Å². The third-order valence-corrected chi connectivity index (χ3v) is 25.9. The quantitative estimate of drug-likeness (QED) is 0.0273. The van der Waals surface area contributed by atoms with Crippen molar-refractivity contribution in [3.8, 4) is 0 Å². The molecule has 11 saturated heterocycles. The van der Waals surface area contributed by atoms with Gasteiger partial charge in [0.15, 0.2) is 62.9 Å². The molecule has 11 fully saturated rings. The van der Waals surface area contributed by atoms with Crippen molar-refractivity contribution in [3.05, 3.63) is 0 Å². The van der Waals surface area contributed by atoms with E-state index >= 15 is 0 Å². The molecule has 0 radical (unpaired) electrons. The SMILES string of the molecule is CC(=O)N[C@H]1[C@H](O[C@H]2[C@H](O)[C@@H](NC(C)=O)C(O)O[C@@H]2CO[C@@H]2O[C@@H](C)[C@@H](O)[C@@H](O)[C@@H]2O)O[C@H](CO)[C@@H](O[C@@H]2O[C@H](CO[C@H]3O[C@H](CO)[C@@H](O)[C@H](O)[C@@H]3O[C@@H]3O[C@H](CO)[C@@H](O[C@@H]4O[C@H](CO)[C@H](O)[C@H](O)[C@H]4O)[C@H](O)[C@H]3NC(C)=O)[C@@H](O)[C@H](O[C@H]3O[C@H](CO)[C@@H](O)[C@H](O)[C@@H]3O[C@@H]3O[C@H](CO)[C@@H](O[C@@H]4O[C@H](CO)[C@H](O)[C@H](O[C@]5(C(=O)O)C[C@H](O)[C@@H](NC(C)=O)[C@H]([C@H](O)[C@H](O)CO)O5)[C@H]4O)[C@H](O)[C@H]3NC(C)=O)[C@@H]2O)[C@@H]1O. The molecular weight excluding hydrogens is 1950 g/mol. The third kappa shape index (κ3) is 25.8. The fourth-order valence-electron chi connectivity index (χ4n) is 18.4. The average Bonchev–Trinajstić information content (AvgIpc) is 0.747. The first-order valence-corrected chi connectivity index (χ1v) is 45.1. The molecule has 0 spiro atoms. The van der Waals surface area contributed by atoms with Crippen molar-refractivity contribution >= 4 is 35.5 Å². The van der Waals surface area contributed by atoms with Crippen LogP contribution in [0, 0.1) is 0 Å². The molecule has 0 aromatic rings. The molecule has 5 amide bonds. The number of carboxylic acids is 1. The van der Waals surface area contributed by atoms with E-state index in [0.29, 0.717) is 0 Å². The lowest BCUT2D eigenvalue weighted by molar-refractivity contribution is -0.401. The molecule has 1 unspecified atom stereocenters. The Kier molecular flexibility index (Phi) is 41.7. The van der Waals surface area contributed by atoms with Gasteiger partial charge < -0.3 is 284 Å². The maximum absolute atomic E-state index is 13.4. The highest BCUT2D eigenvalue weighted by Crippen LogP contribution is 2.44. The molecule has 142 heavy (non-hydrogen) atoms. The van der Waals surface area contributed by atoms with Crippen molar-refractivity contribution in [3.63, 3.8) is 0 Å². The number of aliphatic hydroxyl groups excluding tert-OH is 30. The molecule has 0 bridgehead atoms. The molecule has 0 aliphatic carbocycles.